The van der Waals surface area contributed by atoms with Crippen LogP contribution in [0.2, 0.25) is 0 Å². The van der Waals surface area contributed by atoms with Crippen molar-refractivity contribution in [1.82, 2.24) is 0 Å². The third-order valence-electron chi connectivity index (χ3n) is 3.28. The summed E-state index contributed by atoms with van der Waals surface area (Å²) < 4.78 is 1.10. The van der Waals surface area contributed by atoms with Crippen molar-refractivity contribution in [3.8, 4) is 0 Å². The van der Waals surface area contributed by atoms with Gasteiger partial charge < -0.3 is 11.1 Å². The maximum absolute atomic E-state index is 5.96. The van der Waals surface area contributed by atoms with Gasteiger partial charge in [-0.3, -0.25) is 0 Å². The predicted molar refractivity (Wildman–Crippen MR) is 76.1 cm³/mol. The van der Waals surface area contributed by atoms with E-state index in [-0.39, 0.29) is 5.54 Å². The molecule has 1 fully saturated rings. The summed E-state index contributed by atoms with van der Waals surface area (Å²) in [5.74, 6) is 1.19. The van der Waals surface area contributed by atoms with Gasteiger partial charge in [-0.15, -0.1) is 0 Å². The summed E-state index contributed by atoms with van der Waals surface area (Å²) in [7, 11) is 0. The van der Waals surface area contributed by atoms with Crippen molar-refractivity contribution >= 4 is 33.4 Å². The monoisotopic (exact) mass is 300 g/mol. The maximum atomic E-state index is 5.96. The lowest BCUT2D eigenvalue weighted by Gasteiger charge is -2.34. The molecule has 16 heavy (non-hydrogen) atoms. The van der Waals surface area contributed by atoms with Crippen LogP contribution in [0, 0.1) is 0 Å². The van der Waals surface area contributed by atoms with Gasteiger partial charge in [-0.25, -0.2) is 0 Å². The lowest BCUT2D eigenvalue weighted by atomic mass is 9.92. The number of anilines is 1. The number of benzene rings is 1. The molecule has 2 rings (SSSR count). The van der Waals surface area contributed by atoms with Crippen molar-refractivity contribution in [3.63, 3.8) is 0 Å². The Morgan fingerprint density at radius 3 is 3.00 bits per heavy atom. The standard InChI is InChI=1S/C12H17BrN2S/c1-9-12(8-14,5-6-16-9)15-11-4-2-3-10(13)7-11/h2-4,7,9,15H,5-6,8,14H2,1H3. The summed E-state index contributed by atoms with van der Waals surface area (Å²) in [4.78, 5) is 0. The van der Waals surface area contributed by atoms with Crippen LogP contribution in [-0.2, 0) is 0 Å². The topological polar surface area (TPSA) is 38.0 Å². The van der Waals surface area contributed by atoms with Crippen LogP contribution in [0.1, 0.15) is 13.3 Å². The van der Waals surface area contributed by atoms with Gasteiger partial charge >= 0.3 is 0 Å². The Balaban J connectivity index is 2.18. The van der Waals surface area contributed by atoms with Crippen molar-refractivity contribution in [1.29, 1.82) is 0 Å². The lowest BCUT2D eigenvalue weighted by molar-refractivity contribution is 0.480. The molecule has 0 saturated carbocycles. The zero-order valence-corrected chi connectivity index (χ0v) is 11.8. The Bertz CT molecular complexity index is 372. The zero-order valence-electron chi connectivity index (χ0n) is 9.37. The number of hydrogen-bond donors (Lipinski definition) is 2. The molecule has 2 atom stereocenters. The molecule has 0 radical (unpaired) electrons. The molecular formula is C12H17BrN2S. The third-order valence-corrected chi connectivity index (χ3v) is 5.16. The van der Waals surface area contributed by atoms with Crippen molar-refractivity contribution < 1.29 is 0 Å². The van der Waals surface area contributed by atoms with E-state index in [0.717, 1.165) is 16.6 Å². The summed E-state index contributed by atoms with van der Waals surface area (Å²) >= 11 is 5.49. The molecule has 1 aromatic rings. The molecular weight excluding hydrogens is 284 g/mol. The molecule has 1 aromatic carbocycles. The Kier molecular flexibility index (Phi) is 3.82. The molecule has 0 aromatic heterocycles. The number of rotatable bonds is 3. The second-order valence-corrected chi connectivity index (χ2v) is 6.62. The quantitative estimate of drug-likeness (QED) is 0.901. The highest BCUT2D eigenvalue weighted by atomic mass is 79.9. The number of nitrogens with one attached hydrogen (secondary N) is 1. The molecule has 0 spiro atoms. The van der Waals surface area contributed by atoms with Gasteiger partial charge in [0.1, 0.15) is 0 Å². The fourth-order valence-corrected chi connectivity index (χ4v) is 3.94. The van der Waals surface area contributed by atoms with Crippen LogP contribution in [-0.4, -0.2) is 23.1 Å². The first-order valence-corrected chi connectivity index (χ1v) is 7.36. The van der Waals surface area contributed by atoms with Gasteiger partial charge in [0.05, 0.1) is 5.54 Å². The third kappa shape index (κ3) is 2.39. The van der Waals surface area contributed by atoms with Crippen molar-refractivity contribution in [3.05, 3.63) is 28.7 Å². The van der Waals surface area contributed by atoms with Crippen LogP contribution in [0.3, 0.4) is 0 Å². The number of hydrogen-bond acceptors (Lipinski definition) is 3. The van der Waals surface area contributed by atoms with Gasteiger partial charge in [0.2, 0.25) is 0 Å². The fourth-order valence-electron chi connectivity index (χ4n) is 2.12. The van der Waals surface area contributed by atoms with Gasteiger partial charge in [0.25, 0.3) is 0 Å². The number of halogens is 1. The summed E-state index contributed by atoms with van der Waals surface area (Å²) in [5, 5.41) is 4.18. The lowest BCUT2D eigenvalue weighted by Crippen LogP contribution is -2.49. The molecule has 88 valence electrons. The van der Waals surface area contributed by atoms with Crippen molar-refractivity contribution in [2.45, 2.75) is 24.1 Å². The van der Waals surface area contributed by atoms with Crippen molar-refractivity contribution in [2.75, 3.05) is 17.6 Å². The van der Waals surface area contributed by atoms with E-state index in [0.29, 0.717) is 11.8 Å². The van der Waals surface area contributed by atoms with E-state index in [1.54, 1.807) is 0 Å². The molecule has 0 aliphatic carbocycles. The SMILES string of the molecule is CC1SCCC1(CN)Nc1cccc(Br)c1. The normalized spacial score (nSPS) is 29.3. The first-order chi connectivity index (χ1) is 7.66. The largest absolute Gasteiger partial charge is 0.377 e. The number of thioether (sulfide) groups is 1. The van der Waals surface area contributed by atoms with Crippen LogP contribution >= 0.6 is 27.7 Å². The first kappa shape index (κ1) is 12.3. The summed E-state index contributed by atoms with van der Waals surface area (Å²) in [6.45, 7) is 2.95. The van der Waals surface area contributed by atoms with Crippen LogP contribution in [0.5, 0.6) is 0 Å². The molecule has 0 amide bonds. The number of nitrogens with two attached hydrogens (primary N) is 1. The molecule has 2 unspecified atom stereocenters. The Morgan fingerprint density at radius 2 is 2.44 bits per heavy atom. The average molecular weight is 301 g/mol. The fraction of sp³-hybridized carbons (Fsp3) is 0.500. The average Bonchev–Trinajstić information content (AvgIpc) is 2.61. The highest BCUT2D eigenvalue weighted by Gasteiger charge is 2.39. The highest BCUT2D eigenvalue weighted by Crippen LogP contribution is 2.37. The molecule has 3 N–H and O–H groups in total. The molecule has 0 bridgehead atoms. The van der Waals surface area contributed by atoms with Crippen LogP contribution in [0.4, 0.5) is 5.69 Å². The minimum atomic E-state index is 0.0610. The minimum absolute atomic E-state index is 0.0610. The van der Waals surface area contributed by atoms with Crippen LogP contribution in [0.15, 0.2) is 28.7 Å². The molecule has 1 aliphatic heterocycles. The Labute approximate surface area is 109 Å². The van der Waals surface area contributed by atoms with E-state index in [2.05, 4.69) is 40.3 Å². The van der Waals surface area contributed by atoms with Gasteiger partial charge in [0.15, 0.2) is 0 Å². The Morgan fingerprint density at radius 1 is 1.62 bits per heavy atom. The summed E-state index contributed by atoms with van der Waals surface area (Å²) in [5.41, 5.74) is 7.17. The van der Waals surface area contributed by atoms with E-state index in [1.807, 2.05) is 23.9 Å². The van der Waals surface area contributed by atoms with E-state index in [9.17, 15) is 0 Å². The van der Waals surface area contributed by atoms with E-state index in [4.69, 9.17) is 5.73 Å². The predicted octanol–water partition coefficient (Wildman–Crippen LogP) is 3.08. The van der Waals surface area contributed by atoms with Gasteiger partial charge in [0, 0.05) is 22.0 Å². The van der Waals surface area contributed by atoms with E-state index in [1.165, 1.54) is 5.75 Å². The maximum Gasteiger partial charge on any atom is 0.0619 e. The second kappa shape index (κ2) is 4.98. The summed E-state index contributed by atoms with van der Waals surface area (Å²) in [6, 6.07) is 8.28. The molecule has 2 nitrogen and oxygen atoms in total. The zero-order chi connectivity index (χ0) is 11.6. The molecule has 1 heterocycles. The molecule has 4 heteroatoms. The van der Waals surface area contributed by atoms with Gasteiger partial charge in [-0.2, -0.15) is 11.8 Å². The van der Waals surface area contributed by atoms with E-state index < -0.39 is 0 Å². The molecule has 1 saturated heterocycles. The summed E-state index contributed by atoms with van der Waals surface area (Å²) in [6.07, 6.45) is 1.14. The van der Waals surface area contributed by atoms with Crippen LogP contribution in [0.25, 0.3) is 0 Å². The Hall–Kier alpha value is -0.190. The minimum Gasteiger partial charge on any atom is -0.377 e. The second-order valence-electron chi connectivity index (χ2n) is 4.26. The van der Waals surface area contributed by atoms with Crippen molar-refractivity contribution in [2.24, 2.45) is 5.73 Å². The van der Waals surface area contributed by atoms with Gasteiger partial charge in [-0.05, 0) is 30.4 Å². The van der Waals surface area contributed by atoms with E-state index >= 15 is 0 Å². The first-order valence-electron chi connectivity index (χ1n) is 5.52. The van der Waals surface area contributed by atoms with Crippen LogP contribution < -0.4 is 11.1 Å². The van der Waals surface area contributed by atoms with Gasteiger partial charge in [-0.1, -0.05) is 28.9 Å². The molecule has 1 aliphatic rings. The smallest absolute Gasteiger partial charge is 0.0619 e. The highest BCUT2D eigenvalue weighted by molar-refractivity contribution is 9.10.